The van der Waals surface area contributed by atoms with Crippen molar-refractivity contribution < 1.29 is 14.7 Å². The Morgan fingerprint density at radius 2 is 2.00 bits per heavy atom. The van der Waals surface area contributed by atoms with E-state index in [1.807, 2.05) is 39.0 Å². The fourth-order valence-electron chi connectivity index (χ4n) is 2.18. The van der Waals surface area contributed by atoms with E-state index in [0.717, 1.165) is 36.1 Å². The third kappa shape index (κ3) is 5.10. The Balaban J connectivity index is 2.74. The van der Waals surface area contributed by atoms with Gasteiger partial charge in [-0.3, -0.25) is 0 Å². The van der Waals surface area contributed by atoms with Crippen LogP contribution in [0.1, 0.15) is 44.2 Å². The van der Waals surface area contributed by atoms with Crippen molar-refractivity contribution in [1.29, 1.82) is 0 Å². The molecule has 1 aromatic carbocycles. The van der Waals surface area contributed by atoms with Gasteiger partial charge in [0, 0.05) is 5.69 Å². The second-order valence-corrected chi connectivity index (χ2v) is 5.09. The first-order valence-corrected chi connectivity index (χ1v) is 7.38. The van der Waals surface area contributed by atoms with Crippen LogP contribution in [0.2, 0.25) is 0 Å². The molecule has 3 N–H and O–H groups in total. The maximum absolute atomic E-state index is 12.0. The molecule has 0 heterocycles. The summed E-state index contributed by atoms with van der Waals surface area (Å²) in [5, 5.41) is 14.4. The van der Waals surface area contributed by atoms with Gasteiger partial charge in [-0.2, -0.15) is 0 Å². The number of nitrogens with one attached hydrogen (secondary N) is 2. The number of carbonyl (C=O) groups excluding carboxylic acids is 1. The molecule has 0 aliphatic rings. The number of aryl methyl sites for hydroxylation is 2. The molecule has 0 radical (unpaired) electrons. The van der Waals surface area contributed by atoms with Gasteiger partial charge in [0.25, 0.3) is 0 Å². The van der Waals surface area contributed by atoms with Crippen molar-refractivity contribution in [3.05, 3.63) is 29.3 Å². The number of hydrogen-bond donors (Lipinski definition) is 3. The van der Waals surface area contributed by atoms with Crippen molar-refractivity contribution in [3.63, 3.8) is 0 Å². The van der Waals surface area contributed by atoms with Crippen LogP contribution in [0.15, 0.2) is 18.2 Å². The van der Waals surface area contributed by atoms with Crippen molar-refractivity contribution in [3.8, 4) is 0 Å². The minimum atomic E-state index is -1.00. The third-order valence-electron chi connectivity index (χ3n) is 3.43. The first-order valence-electron chi connectivity index (χ1n) is 7.38. The van der Waals surface area contributed by atoms with Gasteiger partial charge in [-0.1, -0.05) is 44.9 Å². The highest BCUT2D eigenvalue weighted by Crippen LogP contribution is 2.20. The molecule has 0 aliphatic heterocycles. The lowest BCUT2D eigenvalue weighted by atomic mass is 10.1. The molecule has 116 valence electrons. The monoisotopic (exact) mass is 292 g/mol. The average molecular weight is 292 g/mol. The Morgan fingerprint density at radius 3 is 2.57 bits per heavy atom. The summed E-state index contributed by atoms with van der Waals surface area (Å²) in [5.74, 6) is -1.00. The Hall–Kier alpha value is -2.04. The highest BCUT2D eigenvalue weighted by Gasteiger charge is 2.19. The van der Waals surface area contributed by atoms with Crippen LogP contribution in [0, 0.1) is 6.92 Å². The molecule has 0 spiro atoms. The Bertz CT molecular complexity index is 500. The van der Waals surface area contributed by atoms with Gasteiger partial charge in [0.1, 0.15) is 6.04 Å². The van der Waals surface area contributed by atoms with Crippen molar-refractivity contribution >= 4 is 17.7 Å². The molecule has 1 unspecified atom stereocenters. The van der Waals surface area contributed by atoms with E-state index in [2.05, 4.69) is 10.6 Å². The molecular weight excluding hydrogens is 268 g/mol. The molecule has 2 amide bonds. The molecule has 0 fully saturated rings. The molecule has 5 heteroatoms. The second kappa shape index (κ2) is 8.29. The maximum Gasteiger partial charge on any atom is 0.326 e. The molecule has 0 aliphatic carbocycles. The van der Waals surface area contributed by atoms with E-state index in [9.17, 15) is 9.59 Å². The average Bonchev–Trinajstić information content (AvgIpc) is 2.45. The van der Waals surface area contributed by atoms with E-state index in [1.165, 1.54) is 0 Å². The van der Waals surface area contributed by atoms with Gasteiger partial charge in [0.2, 0.25) is 0 Å². The van der Waals surface area contributed by atoms with Gasteiger partial charge in [0.15, 0.2) is 0 Å². The zero-order valence-corrected chi connectivity index (χ0v) is 12.9. The van der Waals surface area contributed by atoms with Crippen molar-refractivity contribution in [2.45, 2.75) is 52.5 Å². The lowest BCUT2D eigenvalue weighted by Gasteiger charge is -2.17. The molecule has 0 aromatic heterocycles. The minimum absolute atomic E-state index is 0.438. The molecular formula is C16H24N2O3. The minimum Gasteiger partial charge on any atom is -0.480 e. The topological polar surface area (TPSA) is 78.4 Å². The number of unbranched alkanes of at least 4 members (excludes halogenated alkanes) is 1. The lowest BCUT2D eigenvalue weighted by Crippen LogP contribution is -2.43. The summed E-state index contributed by atoms with van der Waals surface area (Å²) >= 11 is 0. The van der Waals surface area contributed by atoms with Crippen molar-refractivity contribution in [1.82, 2.24) is 5.32 Å². The van der Waals surface area contributed by atoms with Crippen LogP contribution >= 0.6 is 0 Å². The molecule has 1 atom stereocenters. The smallest absolute Gasteiger partial charge is 0.326 e. The number of rotatable bonds is 7. The predicted octanol–water partition coefficient (Wildman–Crippen LogP) is 3.32. The summed E-state index contributed by atoms with van der Waals surface area (Å²) in [7, 11) is 0. The summed E-state index contributed by atoms with van der Waals surface area (Å²) in [4.78, 5) is 23.2. The number of aliphatic carboxylic acids is 1. The van der Waals surface area contributed by atoms with Gasteiger partial charge in [-0.05, 0) is 30.9 Å². The summed E-state index contributed by atoms with van der Waals surface area (Å²) in [6, 6.07) is 4.49. The number of amides is 2. The van der Waals surface area contributed by atoms with E-state index in [-0.39, 0.29) is 0 Å². The second-order valence-electron chi connectivity index (χ2n) is 5.09. The van der Waals surface area contributed by atoms with Gasteiger partial charge in [0.05, 0.1) is 0 Å². The number of benzene rings is 1. The summed E-state index contributed by atoms with van der Waals surface area (Å²) < 4.78 is 0. The third-order valence-corrected chi connectivity index (χ3v) is 3.43. The van der Waals surface area contributed by atoms with E-state index in [0.29, 0.717) is 6.42 Å². The highest BCUT2D eigenvalue weighted by atomic mass is 16.4. The number of carbonyl (C=O) groups is 2. The van der Waals surface area contributed by atoms with Crippen LogP contribution in [0.5, 0.6) is 0 Å². The summed E-state index contributed by atoms with van der Waals surface area (Å²) in [6.07, 6.45) is 2.90. The first-order chi connectivity index (χ1) is 9.99. The molecule has 0 bridgehead atoms. The van der Waals surface area contributed by atoms with Crippen LogP contribution in [0.3, 0.4) is 0 Å². The SMILES string of the molecule is CCCCC(NC(=O)Nc1c(C)cccc1CC)C(=O)O. The van der Waals surface area contributed by atoms with Gasteiger partial charge in [-0.25, -0.2) is 9.59 Å². The zero-order chi connectivity index (χ0) is 15.8. The fraction of sp³-hybridized carbons (Fsp3) is 0.500. The number of carboxylic acid groups (broad SMARTS) is 1. The Morgan fingerprint density at radius 1 is 1.29 bits per heavy atom. The van der Waals surface area contributed by atoms with Crippen LogP contribution in [-0.4, -0.2) is 23.1 Å². The number of hydrogen-bond acceptors (Lipinski definition) is 2. The molecule has 0 saturated heterocycles. The van der Waals surface area contributed by atoms with E-state index < -0.39 is 18.0 Å². The van der Waals surface area contributed by atoms with Crippen LogP contribution in [-0.2, 0) is 11.2 Å². The van der Waals surface area contributed by atoms with Gasteiger partial charge >= 0.3 is 12.0 Å². The largest absolute Gasteiger partial charge is 0.480 e. The Kier molecular flexibility index (Phi) is 6.72. The molecule has 0 saturated carbocycles. The van der Waals surface area contributed by atoms with Crippen LogP contribution in [0.25, 0.3) is 0 Å². The summed E-state index contributed by atoms with van der Waals surface area (Å²) in [6.45, 7) is 5.92. The number of urea groups is 1. The van der Waals surface area contributed by atoms with E-state index in [4.69, 9.17) is 5.11 Å². The van der Waals surface area contributed by atoms with Gasteiger partial charge < -0.3 is 15.7 Å². The van der Waals surface area contributed by atoms with Crippen molar-refractivity contribution in [2.75, 3.05) is 5.32 Å². The number of anilines is 1. The van der Waals surface area contributed by atoms with E-state index in [1.54, 1.807) is 0 Å². The first kappa shape index (κ1) is 17.0. The molecule has 5 nitrogen and oxygen atoms in total. The fourth-order valence-corrected chi connectivity index (χ4v) is 2.18. The normalized spacial score (nSPS) is 11.8. The predicted molar refractivity (Wildman–Crippen MR) is 83.7 cm³/mol. The molecule has 1 aromatic rings. The Labute approximate surface area is 125 Å². The standard InChI is InChI=1S/C16H24N2O3/c1-4-6-10-13(15(19)20)17-16(21)18-14-11(3)8-7-9-12(14)5-2/h7-9,13H,4-6,10H2,1-3H3,(H,19,20)(H2,17,18,21). The van der Waals surface area contributed by atoms with Crippen LogP contribution < -0.4 is 10.6 Å². The number of para-hydroxylation sites is 1. The molecule has 1 rings (SSSR count). The quantitative estimate of drug-likeness (QED) is 0.721. The zero-order valence-electron chi connectivity index (χ0n) is 12.9. The summed E-state index contributed by atoms with van der Waals surface area (Å²) in [5.41, 5.74) is 2.76. The lowest BCUT2D eigenvalue weighted by molar-refractivity contribution is -0.139. The van der Waals surface area contributed by atoms with Crippen molar-refractivity contribution in [2.24, 2.45) is 0 Å². The number of carboxylic acids is 1. The van der Waals surface area contributed by atoms with E-state index >= 15 is 0 Å². The highest BCUT2D eigenvalue weighted by molar-refractivity contribution is 5.93. The van der Waals surface area contributed by atoms with Gasteiger partial charge in [-0.15, -0.1) is 0 Å². The maximum atomic E-state index is 12.0. The van der Waals surface area contributed by atoms with Crippen LogP contribution in [0.4, 0.5) is 10.5 Å². The molecule has 21 heavy (non-hydrogen) atoms.